The van der Waals surface area contributed by atoms with Gasteiger partial charge < -0.3 is 9.84 Å². The van der Waals surface area contributed by atoms with Crippen molar-refractivity contribution in [2.75, 3.05) is 6.54 Å². The van der Waals surface area contributed by atoms with Gasteiger partial charge in [0.2, 0.25) is 11.7 Å². The van der Waals surface area contributed by atoms with Crippen molar-refractivity contribution in [2.24, 2.45) is 0 Å². The van der Waals surface area contributed by atoms with Crippen LogP contribution < -0.4 is 5.32 Å². The lowest BCUT2D eigenvalue weighted by atomic mass is 10.2. The van der Waals surface area contributed by atoms with Crippen LogP contribution in [0.3, 0.4) is 0 Å². The van der Waals surface area contributed by atoms with E-state index in [4.69, 9.17) is 4.52 Å². The maximum absolute atomic E-state index is 5.34. The molecule has 7 heteroatoms. The van der Waals surface area contributed by atoms with Crippen LogP contribution in [0.25, 0.3) is 17.2 Å². The topological polar surface area (TPSA) is 81.7 Å². The molecule has 7 nitrogen and oxygen atoms in total. The Bertz CT molecular complexity index is 712. The minimum absolute atomic E-state index is 0.185. The predicted molar refractivity (Wildman–Crippen MR) is 74.6 cm³/mol. The zero-order valence-electron chi connectivity index (χ0n) is 11.3. The summed E-state index contributed by atoms with van der Waals surface area (Å²) in [5.74, 6) is 2.03. The van der Waals surface area contributed by atoms with Crippen LogP contribution in [0.5, 0.6) is 0 Å². The van der Waals surface area contributed by atoms with Crippen molar-refractivity contribution < 1.29 is 4.52 Å². The van der Waals surface area contributed by atoms with Crippen LogP contribution in [-0.4, -0.2) is 31.2 Å². The van der Waals surface area contributed by atoms with Gasteiger partial charge in [-0.25, -0.2) is 9.97 Å². The van der Waals surface area contributed by atoms with Gasteiger partial charge in [-0.1, -0.05) is 5.16 Å². The Balaban J connectivity index is 1.58. The van der Waals surface area contributed by atoms with Crippen LogP contribution in [0.2, 0.25) is 0 Å². The fourth-order valence-corrected chi connectivity index (χ4v) is 2.46. The standard InChI is InChI=1S/C14H14N6O/c1-2-11(16-5-1)14-18-13(19-21-14)10-3-4-12(17-8-10)20-7-6-15-9-20/h3-4,6-9,11,16H,1-2,5H2/t11-/m1/s1. The van der Waals surface area contributed by atoms with Gasteiger partial charge >= 0.3 is 0 Å². The summed E-state index contributed by atoms with van der Waals surface area (Å²) < 4.78 is 7.18. The Labute approximate surface area is 121 Å². The number of rotatable bonds is 3. The zero-order valence-corrected chi connectivity index (χ0v) is 11.3. The SMILES string of the molecule is c1cn(-c2ccc(-c3noc([C@H]4CCCN4)n3)cn2)cn1. The van der Waals surface area contributed by atoms with Crippen molar-refractivity contribution >= 4 is 0 Å². The highest BCUT2D eigenvalue weighted by Crippen LogP contribution is 2.24. The molecule has 0 saturated carbocycles. The monoisotopic (exact) mass is 282 g/mol. The van der Waals surface area contributed by atoms with E-state index in [1.54, 1.807) is 18.7 Å². The Morgan fingerprint density at radius 3 is 3.05 bits per heavy atom. The number of aromatic nitrogens is 5. The third-order valence-electron chi connectivity index (χ3n) is 3.58. The summed E-state index contributed by atoms with van der Waals surface area (Å²) >= 11 is 0. The van der Waals surface area contributed by atoms with Crippen LogP contribution >= 0.6 is 0 Å². The maximum Gasteiger partial charge on any atom is 0.244 e. The summed E-state index contributed by atoms with van der Waals surface area (Å²) in [5.41, 5.74) is 0.840. The van der Waals surface area contributed by atoms with Crippen LogP contribution in [0.15, 0.2) is 41.6 Å². The molecule has 4 rings (SSSR count). The molecule has 0 unspecified atom stereocenters. The molecule has 1 aliphatic heterocycles. The number of nitrogens with zero attached hydrogens (tertiary/aromatic N) is 5. The van der Waals surface area contributed by atoms with Gasteiger partial charge in [-0.2, -0.15) is 4.98 Å². The first-order chi connectivity index (χ1) is 10.4. The zero-order chi connectivity index (χ0) is 14.1. The molecule has 0 aliphatic carbocycles. The second kappa shape index (κ2) is 5.10. The van der Waals surface area contributed by atoms with Gasteiger partial charge in [0.05, 0.1) is 6.04 Å². The Kier molecular flexibility index (Phi) is 2.97. The van der Waals surface area contributed by atoms with Crippen molar-refractivity contribution in [1.82, 2.24) is 30.0 Å². The molecular formula is C14H14N6O. The number of imidazole rings is 1. The fourth-order valence-electron chi connectivity index (χ4n) is 2.46. The summed E-state index contributed by atoms with van der Waals surface area (Å²) in [6.45, 7) is 1.00. The van der Waals surface area contributed by atoms with Gasteiger partial charge in [0.1, 0.15) is 12.1 Å². The Morgan fingerprint density at radius 2 is 2.33 bits per heavy atom. The molecule has 4 heterocycles. The Morgan fingerprint density at radius 1 is 1.33 bits per heavy atom. The molecule has 0 spiro atoms. The highest BCUT2D eigenvalue weighted by molar-refractivity contribution is 5.53. The first-order valence-corrected chi connectivity index (χ1v) is 6.92. The lowest BCUT2D eigenvalue weighted by Crippen LogP contribution is -2.12. The highest BCUT2D eigenvalue weighted by atomic mass is 16.5. The van der Waals surface area contributed by atoms with Crippen molar-refractivity contribution in [3.63, 3.8) is 0 Å². The lowest BCUT2D eigenvalue weighted by molar-refractivity contribution is 0.345. The molecule has 1 aliphatic rings. The summed E-state index contributed by atoms with van der Waals surface area (Å²) in [5, 5.41) is 7.38. The van der Waals surface area contributed by atoms with Crippen LogP contribution in [0, 0.1) is 0 Å². The van der Waals surface area contributed by atoms with Crippen LogP contribution in [0.1, 0.15) is 24.8 Å². The third kappa shape index (κ3) is 2.31. The van der Waals surface area contributed by atoms with E-state index < -0.39 is 0 Å². The minimum Gasteiger partial charge on any atom is -0.337 e. The number of nitrogens with one attached hydrogen (secondary N) is 1. The first-order valence-electron chi connectivity index (χ1n) is 6.92. The van der Waals surface area contributed by atoms with Gasteiger partial charge in [0.15, 0.2) is 0 Å². The van der Waals surface area contributed by atoms with Crippen LogP contribution in [0.4, 0.5) is 0 Å². The average Bonchev–Trinajstić information content (AvgIpc) is 3.27. The van der Waals surface area contributed by atoms with Crippen molar-refractivity contribution in [2.45, 2.75) is 18.9 Å². The molecule has 21 heavy (non-hydrogen) atoms. The highest BCUT2D eigenvalue weighted by Gasteiger charge is 2.22. The van der Waals surface area contributed by atoms with Crippen molar-refractivity contribution in [3.05, 3.63) is 42.9 Å². The van der Waals surface area contributed by atoms with Gasteiger partial charge in [-0.3, -0.25) is 4.57 Å². The van der Waals surface area contributed by atoms with Gasteiger partial charge in [-0.15, -0.1) is 0 Å². The van der Waals surface area contributed by atoms with E-state index in [1.165, 1.54) is 0 Å². The van der Waals surface area contributed by atoms with E-state index in [1.807, 2.05) is 22.9 Å². The predicted octanol–water partition coefficient (Wildman–Crippen LogP) is 1.74. The third-order valence-corrected chi connectivity index (χ3v) is 3.58. The van der Waals surface area contributed by atoms with E-state index >= 15 is 0 Å². The minimum atomic E-state index is 0.185. The van der Waals surface area contributed by atoms with Crippen molar-refractivity contribution in [3.8, 4) is 17.2 Å². The summed E-state index contributed by atoms with van der Waals surface area (Å²) in [6, 6.07) is 4.02. The molecule has 1 fully saturated rings. The second-order valence-corrected chi connectivity index (χ2v) is 4.98. The molecule has 0 bridgehead atoms. The van der Waals surface area contributed by atoms with Gasteiger partial charge in [0.25, 0.3) is 0 Å². The normalized spacial score (nSPS) is 18.2. The van der Waals surface area contributed by atoms with E-state index in [0.717, 1.165) is 30.8 Å². The molecule has 0 radical (unpaired) electrons. The molecule has 1 saturated heterocycles. The number of pyridine rings is 1. The number of hydrogen-bond donors (Lipinski definition) is 1. The van der Waals surface area contributed by atoms with Gasteiger partial charge in [0, 0.05) is 24.2 Å². The van der Waals surface area contributed by atoms with Crippen LogP contribution in [-0.2, 0) is 0 Å². The molecule has 3 aromatic rings. The number of hydrogen-bond acceptors (Lipinski definition) is 6. The smallest absolute Gasteiger partial charge is 0.244 e. The summed E-state index contributed by atoms with van der Waals surface area (Å²) in [6.07, 6.45) is 9.20. The lowest BCUT2D eigenvalue weighted by Gasteiger charge is -2.02. The maximum atomic E-state index is 5.34. The Hall–Kier alpha value is -2.54. The van der Waals surface area contributed by atoms with E-state index in [0.29, 0.717) is 11.7 Å². The fraction of sp³-hybridized carbons (Fsp3) is 0.286. The van der Waals surface area contributed by atoms with E-state index in [2.05, 4.69) is 25.4 Å². The second-order valence-electron chi connectivity index (χ2n) is 4.98. The molecule has 3 aromatic heterocycles. The summed E-state index contributed by atoms with van der Waals surface area (Å²) in [4.78, 5) is 12.8. The average molecular weight is 282 g/mol. The van der Waals surface area contributed by atoms with Gasteiger partial charge in [-0.05, 0) is 31.5 Å². The first kappa shape index (κ1) is 12.2. The van der Waals surface area contributed by atoms with E-state index in [-0.39, 0.29) is 6.04 Å². The molecule has 1 N–H and O–H groups in total. The van der Waals surface area contributed by atoms with Crippen molar-refractivity contribution in [1.29, 1.82) is 0 Å². The molecule has 1 atom stereocenters. The largest absolute Gasteiger partial charge is 0.337 e. The van der Waals surface area contributed by atoms with E-state index in [9.17, 15) is 0 Å². The molecular weight excluding hydrogens is 268 g/mol. The molecule has 0 amide bonds. The quantitative estimate of drug-likeness (QED) is 0.788. The molecule has 106 valence electrons. The summed E-state index contributed by atoms with van der Waals surface area (Å²) in [7, 11) is 0. The molecule has 0 aromatic carbocycles.